The highest BCUT2D eigenvalue weighted by Gasteiger charge is 2.26. The lowest BCUT2D eigenvalue weighted by Crippen LogP contribution is -2.34. The van der Waals surface area contributed by atoms with Gasteiger partial charge in [-0.3, -0.25) is 0 Å². The number of benzene rings is 1. The summed E-state index contributed by atoms with van der Waals surface area (Å²) in [4.78, 5) is 2.36. The van der Waals surface area contributed by atoms with Crippen molar-refractivity contribution in [3.05, 3.63) is 29.8 Å². The van der Waals surface area contributed by atoms with Crippen LogP contribution in [0.25, 0.3) is 0 Å². The van der Waals surface area contributed by atoms with Crippen molar-refractivity contribution in [2.24, 2.45) is 11.7 Å². The molecule has 3 N–H and O–H groups in total. The molecule has 0 saturated carbocycles. The number of phenolic OH excluding ortho intramolecular Hbond substituents is 1. The molecule has 1 aliphatic rings. The number of hydrogen-bond acceptors (Lipinski definition) is 3. The van der Waals surface area contributed by atoms with Gasteiger partial charge in [0.05, 0.1) is 0 Å². The number of rotatable bonds is 3. The molecule has 17 heavy (non-hydrogen) atoms. The molecule has 0 aromatic heterocycles. The molecule has 1 aromatic carbocycles. The van der Waals surface area contributed by atoms with E-state index in [4.69, 9.17) is 5.73 Å². The summed E-state index contributed by atoms with van der Waals surface area (Å²) >= 11 is 0. The summed E-state index contributed by atoms with van der Waals surface area (Å²) in [5.41, 5.74) is 6.93. The van der Waals surface area contributed by atoms with Crippen molar-refractivity contribution < 1.29 is 5.11 Å². The van der Waals surface area contributed by atoms with Gasteiger partial charge in [0, 0.05) is 5.92 Å². The quantitative estimate of drug-likeness (QED) is 0.838. The average molecular weight is 234 g/mol. The van der Waals surface area contributed by atoms with Crippen LogP contribution in [-0.2, 0) is 0 Å². The van der Waals surface area contributed by atoms with Crippen molar-refractivity contribution in [1.82, 2.24) is 4.90 Å². The van der Waals surface area contributed by atoms with Crippen molar-refractivity contribution in [2.75, 3.05) is 26.7 Å². The third-order valence-corrected chi connectivity index (χ3v) is 3.92. The number of hydrogen-bond donors (Lipinski definition) is 2. The van der Waals surface area contributed by atoms with E-state index in [0.29, 0.717) is 24.1 Å². The maximum atomic E-state index is 9.93. The molecule has 1 unspecified atom stereocenters. The molecule has 1 atom stereocenters. The molecule has 94 valence electrons. The van der Waals surface area contributed by atoms with E-state index in [1.807, 2.05) is 18.2 Å². The van der Waals surface area contributed by atoms with E-state index < -0.39 is 0 Å². The third kappa shape index (κ3) is 2.79. The molecule has 0 amide bonds. The van der Waals surface area contributed by atoms with Gasteiger partial charge in [0.1, 0.15) is 5.75 Å². The summed E-state index contributed by atoms with van der Waals surface area (Å²) in [5, 5.41) is 9.93. The lowest BCUT2D eigenvalue weighted by molar-refractivity contribution is 0.198. The second kappa shape index (κ2) is 5.52. The highest BCUT2D eigenvalue weighted by atomic mass is 16.3. The molecule has 0 bridgehead atoms. The Bertz CT molecular complexity index is 359. The van der Waals surface area contributed by atoms with E-state index in [0.717, 1.165) is 18.7 Å². The largest absolute Gasteiger partial charge is 0.508 e. The van der Waals surface area contributed by atoms with Gasteiger partial charge >= 0.3 is 0 Å². The van der Waals surface area contributed by atoms with Crippen LogP contribution in [0.2, 0.25) is 0 Å². The van der Waals surface area contributed by atoms with E-state index in [1.54, 1.807) is 6.07 Å². The molecule has 0 radical (unpaired) electrons. The fraction of sp³-hybridized carbons (Fsp3) is 0.571. The molecule has 1 fully saturated rings. The zero-order chi connectivity index (χ0) is 12.3. The Kier molecular flexibility index (Phi) is 4.02. The molecule has 1 saturated heterocycles. The minimum absolute atomic E-state index is 0.296. The smallest absolute Gasteiger partial charge is 0.119 e. The van der Waals surface area contributed by atoms with Crippen LogP contribution in [0.15, 0.2) is 24.3 Å². The van der Waals surface area contributed by atoms with Crippen LogP contribution in [-0.4, -0.2) is 36.7 Å². The van der Waals surface area contributed by atoms with Crippen molar-refractivity contribution in [3.8, 4) is 5.75 Å². The first kappa shape index (κ1) is 12.4. The van der Waals surface area contributed by atoms with Crippen LogP contribution in [0, 0.1) is 5.92 Å². The number of nitrogens with two attached hydrogens (primary N) is 1. The second-order valence-corrected chi connectivity index (χ2v) is 5.04. The van der Waals surface area contributed by atoms with E-state index in [-0.39, 0.29) is 0 Å². The molecular formula is C14H22N2O. The van der Waals surface area contributed by atoms with Gasteiger partial charge in [-0.25, -0.2) is 0 Å². The van der Waals surface area contributed by atoms with Crippen LogP contribution in [0.4, 0.5) is 0 Å². The minimum Gasteiger partial charge on any atom is -0.508 e. The first-order valence-electron chi connectivity index (χ1n) is 6.39. The summed E-state index contributed by atoms with van der Waals surface area (Å²) in [6, 6.07) is 7.60. The van der Waals surface area contributed by atoms with Gasteiger partial charge < -0.3 is 15.7 Å². The molecule has 2 rings (SSSR count). The first-order chi connectivity index (χ1) is 8.22. The molecule has 1 aromatic rings. The van der Waals surface area contributed by atoms with Crippen LogP contribution < -0.4 is 5.73 Å². The Morgan fingerprint density at radius 2 is 2.00 bits per heavy atom. The Hall–Kier alpha value is -1.06. The maximum absolute atomic E-state index is 9.93. The molecule has 3 nitrogen and oxygen atoms in total. The third-order valence-electron chi connectivity index (χ3n) is 3.92. The molecule has 0 spiro atoms. The predicted octanol–water partition coefficient (Wildman–Crippen LogP) is 1.78. The number of likely N-dealkylation sites (tertiary alicyclic amines) is 1. The fourth-order valence-electron chi connectivity index (χ4n) is 2.81. The van der Waals surface area contributed by atoms with Crippen LogP contribution in [0.1, 0.15) is 24.3 Å². The topological polar surface area (TPSA) is 49.5 Å². The number of piperidine rings is 1. The first-order valence-corrected chi connectivity index (χ1v) is 6.39. The highest BCUT2D eigenvalue weighted by molar-refractivity contribution is 5.35. The van der Waals surface area contributed by atoms with Gasteiger partial charge in [-0.1, -0.05) is 18.2 Å². The van der Waals surface area contributed by atoms with Crippen molar-refractivity contribution in [2.45, 2.75) is 18.8 Å². The molecule has 0 aliphatic carbocycles. The van der Waals surface area contributed by atoms with Crippen LogP contribution in [0.5, 0.6) is 5.75 Å². The van der Waals surface area contributed by atoms with Gasteiger partial charge in [0.2, 0.25) is 0 Å². The normalized spacial score (nSPS) is 20.4. The van der Waals surface area contributed by atoms with Crippen molar-refractivity contribution in [3.63, 3.8) is 0 Å². The highest BCUT2D eigenvalue weighted by Crippen LogP contribution is 2.35. The van der Waals surface area contributed by atoms with Gasteiger partial charge in [-0.05, 0) is 57.1 Å². The van der Waals surface area contributed by atoms with E-state index in [2.05, 4.69) is 11.9 Å². The van der Waals surface area contributed by atoms with Gasteiger partial charge in [-0.15, -0.1) is 0 Å². The summed E-state index contributed by atoms with van der Waals surface area (Å²) in [5.74, 6) is 1.29. The van der Waals surface area contributed by atoms with Gasteiger partial charge in [0.15, 0.2) is 0 Å². The van der Waals surface area contributed by atoms with Crippen molar-refractivity contribution in [1.29, 1.82) is 0 Å². The monoisotopic (exact) mass is 234 g/mol. The lowest BCUT2D eigenvalue weighted by atomic mass is 9.80. The number of aromatic hydroxyl groups is 1. The zero-order valence-electron chi connectivity index (χ0n) is 10.5. The second-order valence-electron chi connectivity index (χ2n) is 5.04. The van der Waals surface area contributed by atoms with Crippen molar-refractivity contribution >= 4 is 0 Å². The molecule has 1 heterocycles. The summed E-state index contributed by atoms with van der Waals surface area (Å²) in [7, 11) is 2.16. The Balaban J connectivity index is 2.14. The predicted molar refractivity (Wildman–Crippen MR) is 70.1 cm³/mol. The summed E-state index contributed by atoms with van der Waals surface area (Å²) in [6.45, 7) is 2.88. The van der Waals surface area contributed by atoms with Crippen LogP contribution in [0.3, 0.4) is 0 Å². The van der Waals surface area contributed by atoms with Gasteiger partial charge in [-0.2, -0.15) is 0 Å². The average Bonchev–Trinajstić information content (AvgIpc) is 2.35. The van der Waals surface area contributed by atoms with E-state index >= 15 is 0 Å². The molecular weight excluding hydrogens is 212 g/mol. The fourth-order valence-corrected chi connectivity index (χ4v) is 2.81. The maximum Gasteiger partial charge on any atom is 0.119 e. The SMILES string of the molecule is CN1CCC(C(CN)c2ccccc2O)CC1. The molecule has 3 heteroatoms. The van der Waals surface area contributed by atoms with Gasteiger partial charge in [0.25, 0.3) is 0 Å². The Labute approximate surface area is 103 Å². The zero-order valence-corrected chi connectivity index (χ0v) is 10.5. The lowest BCUT2D eigenvalue weighted by Gasteiger charge is -2.34. The van der Waals surface area contributed by atoms with E-state index in [9.17, 15) is 5.11 Å². The summed E-state index contributed by atoms with van der Waals surface area (Å²) in [6.07, 6.45) is 2.35. The molecule has 1 aliphatic heterocycles. The number of para-hydroxylation sites is 1. The standard InChI is InChI=1S/C14H22N2O/c1-16-8-6-11(7-9-16)13(10-15)12-4-2-3-5-14(12)17/h2-5,11,13,17H,6-10,15H2,1H3. The summed E-state index contributed by atoms with van der Waals surface area (Å²) < 4.78 is 0. The Morgan fingerprint density at radius 3 is 2.59 bits per heavy atom. The minimum atomic E-state index is 0.296. The number of nitrogens with zero attached hydrogens (tertiary/aromatic N) is 1. The Morgan fingerprint density at radius 1 is 1.35 bits per heavy atom. The van der Waals surface area contributed by atoms with E-state index in [1.165, 1.54) is 12.8 Å². The number of phenols is 1. The van der Waals surface area contributed by atoms with Crippen LogP contribution >= 0.6 is 0 Å².